The van der Waals surface area contributed by atoms with Gasteiger partial charge in [0, 0.05) is 6.61 Å². The monoisotopic (exact) mass is 264 g/mol. The van der Waals surface area contributed by atoms with Gasteiger partial charge in [-0.1, -0.05) is 12.5 Å². The fourth-order valence-electron chi connectivity index (χ4n) is 3.76. The molecule has 0 amide bonds. The van der Waals surface area contributed by atoms with Crippen LogP contribution in [0.25, 0.3) is 0 Å². The maximum atomic E-state index is 6.17. The van der Waals surface area contributed by atoms with Crippen molar-refractivity contribution < 1.29 is 4.74 Å². The van der Waals surface area contributed by atoms with E-state index < -0.39 is 0 Å². The lowest BCUT2D eigenvalue weighted by molar-refractivity contribution is -0.00811. The van der Waals surface area contributed by atoms with Crippen LogP contribution in [0.15, 0.2) is 12.2 Å². The smallest absolute Gasteiger partial charge is 0.0575 e. The summed E-state index contributed by atoms with van der Waals surface area (Å²) >= 11 is 0. The fourth-order valence-corrected chi connectivity index (χ4v) is 3.76. The third-order valence-corrected chi connectivity index (χ3v) is 5.13. The summed E-state index contributed by atoms with van der Waals surface area (Å²) in [6, 6.07) is 0. The van der Waals surface area contributed by atoms with Gasteiger partial charge in [-0.3, -0.25) is 0 Å². The maximum Gasteiger partial charge on any atom is 0.0575 e. The molecule has 1 nitrogen and oxygen atoms in total. The highest BCUT2D eigenvalue weighted by atomic mass is 16.5. The standard InChI is InChI=1S/C18H32O/c1-14(2)12-16-6-8-17(9-7-16)13-19-18-10-4-15(3)5-11-18/h15-18H,1,4-13H2,2-3H3. The van der Waals surface area contributed by atoms with Gasteiger partial charge < -0.3 is 4.74 Å². The van der Waals surface area contributed by atoms with Crippen molar-refractivity contribution in [3.05, 3.63) is 12.2 Å². The van der Waals surface area contributed by atoms with Crippen LogP contribution in [0, 0.1) is 17.8 Å². The molecule has 2 fully saturated rings. The minimum absolute atomic E-state index is 0.573. The van der Waals surface area contributed by atoms with Crippen molar-refractivity contribution in [1.82, 2.24) is 0 Å². The van der Waals surface area contributed by atoms with Gasteiger partial charge in [0.1, 0.15) is 0 Å². The predicted molar refractivity (Wildman–Crippen MR) is 82.3 cm³/mol. The van der Waals surface area contributed by atoms with Gasteiger partial charge >= 0.3 is 0 Å². The Balaban J connectivity index is 1.59. The molecule has 0 N–H and O–H groups in total. The van der Waals surface area contributed by atoms with Crippen molar-refractivity contribution in [1.29, 1.82) is 0 Å². The van der Waals surface area contributed by atoms with Gasteiger partial charge in [-0.2, -0.15) is 0 Å². The van der Waals surface area contributed by atoms with Crippen LogP contribution in [0.3, 0.4) is 0 Å². The molecule has 0 aromatic rings. The van der Waals surface area contributed by atoms with Crippen molar-refractivity contribution in [2.24, 2.45) is 17.8 Å². The molecule has 2 rings (SSSR count). The zero-order valence-corrected chi connectivity index (χ0v) is 13.0. The van der Waals surface area contributed by atoms with Gasteiger partial charge in [0.15, 0.2) is 0 Å². The third-order valence-electron chi connectivity index (χ3n) is 5.13. The molecule has 0 aromatic carbocycles. The van der Waals surface area contributed by atoms with Crippen molar-refractivity contribution in [3.63, 3.8) is 0 Å². The average molecular weight is 264 g/mol. The molecule has 0 radical (unpaired) electrons. The number of hydrogen-bond acceptors (Lipinski definition) is 1. The van der Waals surface area contributed by atoms with Crippen LogP contribution in [-0.4, -0.2) is 12.7 Å². The van der Waals surface area contributed by atoms with Crippen LogP contribution >= 0.6 is 0 Å². The van der Waals surface area contributed by atoms with E-state index in [4.69, 9.17) is 4.74 Å². The van der Waals surface area contributed by atoms with E-state index in [1.54, 1.807) is 0 Å². The van der Waals surface area contributed by atoms with Crippen LogP contribution in [0.1, 0.15) is 71.6 Å². The maximum absolute atomic E-state index is 6.17. The van der Waals surface area contributed by atoms with E-state index in [0.29, 0.717) is 6.10 Å². The highest BCUT2D eigenvalue weighted by Crippen LogP contribution is 2.33. The number of allylic oxidation sites excluding steroid dienone is 1. The Morgan fingerprint density at radius 2 is 1.53 bits per heavy atom. The first-order chi connectivity index (χ1) is 9.13. The Morgan fingerprint density at radius 1 is 0.947 bits per heavy atom. The summed E-state index contributed by atoms with van der Waals surface area (Å²) in [7, 11) is 0. The van der Waals surface area contributed by atoms with Crippen LogP contribution < -0.4 is 0 Å². The second-order valence-electron chi connectivity index (χ2n) is 7.26. The quantitative estimate of drug-likeness (QED) is 0.608. The summed E-state index contributed by atoms with van der Waals surface area (Å²) in [6.45, 7) is 9.61. The second kappa shape index (κ2) is 7.47. The van der Waals surface area contributed by atoms with Crippen molar-refractivity contribution in [2.45, 2.75) is 77.7 Å². The topological polar surface area (TPSA) is 9.23 Å². The van der Waals surface area contributed by atoms with Crippen LogP contribution in [0.5, 0.6) is 0 Å². The first kappa shape index (κ1) is 15.1. The molecule has 0 unspecified atom stereocenters. The SMILES string of the molecule is C=C(C)CC1CCC(COC2CCC(C)CC2)CC1. The van der Waals surface area contributed by atoms with Gasteiger partial charge in [0.05, 0.1) is 6.10 Å². The molecule has 0 spiro atoms. The normalized spacial score (nSPS) is 36.1. The summed E-state index contributed by atoms with van der Waals surface area (Å²) in [5, 5.41) is 0. The second-order valence-corrected chi connectivity index (χ2v) is 7.26. The van der Waals surface area contributed by atoms with Gasteiger partial charge in [-0.15, -0.1) is 6.58 Å². The van der Waals surface area contributed by atoms with Crippen molar-refractivity contribution in [2.75, 3.05) is 6.61 Å². The molecule has 0 saturated heterocycles. The van der Waals surface area contributed by atoms with Crippen molar-refractivity contribution in [3.8, 4) is 0 Å². The Bertz CT molecular complexity index is 267. The molecule has 1 heteroatoms. The molecular formula is C18H32O. The van der Waals surface area contributed by atoms with E-state index in [0.717, 1.165) is 24.4 Å². The molecular weight excluding hydrogens is 232 g/mol. The first-order valence-corrected chi connectivity index (χ1v) is 8.39. The third kappa shape index (κ3) is 5.30. The largest absolute Gasteiger partial charge is 0.378 e. The zero-order valence-electron chi connectivity index (χ0n) is 13.0. The molecule has 2 saturated carbocycles. The van der Waals surface area contributed by atoms with E-state index in [2.05, 4.69) is 20.4 Å². The van der Waals surface area contributed by atoms with Crippen molar-refractivity contribution >= 4 is 0 Å². The summed E-state index contributed by atoms with van der Waals surface area (Å²) in [4.78, 5) is 0. The predicted octanol–water partition coefficient (Wildman–Crippen LogP) is 5.35. The zero-order chi connectivity index (χ0) is 13.7. The van der Waals surface area contributed by atoms with Crippen LogP contribution in [0.4, 0.5) is 0 Å². The lowest BCUT2D eigenvalue weighted by Gasteiger charge is -2.31. The molecule has 110 valence electrons. The highest BCUT2D eigenvalue weighted by molar-refractivity contribution is 4.91. The van der Waals surface area contributed by atoms with Gasteiger partial charge in [-0.05, 0) is 82.5 Å². The van der Waals surface area contributed by atoms with Crippen LogP contribution in [-0.2, 0) is 4.74 Å². The molecule has 2 aliphatic rings. The van der Waals surface area contributed by atoms with Gasteiger partial charge in [-0.25, -0.2) is 0 Å². The molecule has 0 atom stereocenters. The van der Waals surface area contributed by atoms with Gasteiger partial charge in [0.25, 0.3) is 0 Å². The number of rotatable bonds is 5. The Morgan fingerprint density at radius 3 is 2.11 bits per heavy atom. The molecule has 0 heterocycles. The first-order valence-electron chi connectivity index (χ1n) is 8.39. The van der Waals surface area contributed by atoms with E-state index in [1.165, 1.54) is 63.4 Å². The van der Waals surface area contributed by atoms with E-state index >= 15 is 0 Å². The Labute approximate surface area is 119 Å². The Kier molecular flexibility index (Phi) is 5.94. The summed E-state index contributed by atoms with van der Waals surface area (Å²) in [6.07, 6.45) is 12.7. The molecule has 2 aliphatic carbocycles. The number of hydrogen-bond donors (Lipinski definition) is 0. The summed E-state index contributed by atoms with van der Waals surface area (Å²) in [5.74, 6) is 2.67. The lowest BCUT2D eigenvalue weighted by Crippen LogP contribution is -2.25. The van der Waals surface area contributed by atoms with E-state index in [1.807, 2.05) is 0 Å². The van der Waals surface area contributed by atoms with Gasteiger partial charge in [0.2, 0.25) is 0 Å². The van der Waals surface area contributed by atoms with E-state index in [-0.39, 0.29) is 0 Å². The lowest BCUT2D eigenvalue weighted by atomic mass is 9.80. The highest BCUT2D eigenvalue weighted by Gasteiger charge is 2.24. The minimum atomic E-state index is 0.573. The molecule has 0 aromatic heterocycles. The van der Waals surface area contributed by atoms with Crippen LogP contribution in [0.2, 0.25) is 0 Å². The Hall–Kier alpha value is -0.300. The fraction of sp³-hybridized carbons (Fsp3) is 0.889. The molecule has 0 bridgehead atoms. The summed E-state index contributed by atoms with van der Waals surface area (Å²) < 4.78 is 6.17. The molecule has 0 aliphatic heterocycles. The summed E-state index contributed by atoms with van der Waals surface area (Å²) in [5.41, 5.74) is 1.36. The number of ether oxygens (including phenoxy) is 1. The minimum Gasteiger partial charge on any atom is -0.378 e. The average Bonchev–Trinajstić information content (AvgIpc) is 2.39. The van der Waals surface area contributed by atoms with E-state index in [9.17, 15) is 0 Å². The molecule has 19 heavy (non-hydrogen) atoms.